The summed E-state index contributed by atoms with van der Waals surface area (Å²) in [7, 11) is 2.14. The van der Waals surface area contributed by atoms with Crippen LogP contribution in [0.25, 0.3) is 0 Å². The molecule has 0 spiro atoms. The van der Waals surface area contributed by atoms with Crippen LogP contribution in [0.3, 0.4) is 0 Å². The van der Waals surface area contributed by atoms with Gasteiger partial charge in [-0.05, 0) is 69.8 Å². The van der Waals surface area contributed by atoms with Gasteiger partial charge in [0, 0.05) is 54.8 Å². The van der Waals surface area contributed by atoms with E-state index >= 15 is 0 Å². The number of hydrogen-bond donors (Lipinski definition) is 3. The third-order valence-electron chi connectivity index (χ3n) is 5.13. The Hall–Kier alpha value is -3.06. The molecule has 0 radical (unpaired) electrons. The second kappa shape index (κ2) is 9.63. The maximum atomic E-state index is 12.7. The lowest BCUT2D eigenvalue weighted by Gasteiger charge is -2.34. The van der Waals surface area contributed by atoms with Crippen LogP contribution >= 0.6 is 0 Å². The molecule has 7 heteroatoms. The highest BCUT2D eigenvalue weighted by atomic mass is 16.2. The van der Waals surface area contributed by atoms with E-state index in [-0.39, 0.29) is 18.0 Å². The standard InChI is InChI=1S/C23H31N5O2/c1-16(2)24-23(30)25-19-7-5-6-18(15-19)22(29)26-21-9-8-20(14-17(21)3)28-12-10-27(4)11-13-28/h5-9,14-16H,10-13H2,1-4H3,(H,26,29)(H2,24,25,30). The van der Waals surface area contributed by atoms with Gasteiger partial charge in [-0.2, -0.15) is 0 Å². The number of likely N-dealkylation sites (N-methyl/N-ethyl adjacent to an activating group) is 1. The highest BCUT2D eigenvalue weighted by molar-refractivity contribution is 6.05. The molecule has 3 N–H and O–H groups in total. The number of piperazine rings is 1. The molecule has 2 aromatic carbocycles. The van der Waals surface area contributed by atoms with Crippen LogP contribution in [0, 0.1) is 6.92 Å². The summed E-state index contributed by atoms with van der Waals surface area (Å²) in [6.07, 6.45) is 0. The van der Waals surface area contributed by atoms with Crippen molar-refractivity contribution in [3.8, 4) is 0 Å². The van der Waals surface area contributed by atoms with Gasteiger partial charge >= 0.3 is 6.03 Å². The van der Waals surface area contributed by atoms with Gasteiger partial charge in [0.05, 0.1) is 0 Å². The van der Waals surface area contributed by atoms with Crippen LogP contribution in [0.5, 0.6) is 0 Å². The minimum Gasteiger partial charge on any atom is -0.369 e. The summed E-state index contributed by atoms with van der Waals surface area (Å²) in [6.45, 7) is 9.90. The van der Waals surface area contributed by atoms with E-state index in [0.29, 0.717) is 11.3 Å². The number of amides is 3. The number of carbonyl (C=O) groups is 2. The van der Waals surface area contributed by atoms with Crippen molar-refractivity contribution in [1.29, 1.82) is 0 Å². The van der Waals surface area contributed by atoms with E-state index in [9.17, 15) is 9.59 Å². The number of rotatable bonds is 5. The summed E-state index contributed by atoms with van der Waals surface area (Å²) in [6, 6.07) is 12.8. The number of nitrogens with zero attached hydrogens (tertiary/aromatic N) is 2. The third kappa shape index (κ3) is 5.73. The van der Waals surface area contributed by atoms with Crippen LogP contribution in [0.1, 0.15) is 29.8 Å². The molecule has 1 aliphatic heterocycles. The number of benzene rings is 2. The third-order valence-corrected chi connectivity index (χ3v) is 5.13. The van der Waals surface area contributed by atoms with Gasteiger partial charge in [0.1, 0.15) is 0 Å². The summed E-state index contributed by atoms with van der Waals surface area (Å²) in [5.41, 5.74) is 4.04. The fourth-order valence-corrected chi connectivity index (χ4v) is 3.41. The Labute approximate surface area is 178 Å². The quantitative estimate of drug-likeness (QED) is 0.706. The van der Waals surface area contributed by atoms with Gasteiger partial charge in [-0.25, -0.2) is 4.79 Å². The molecule has 0 bridgehead atoms. The van der Waals surface area contributed by atoms with Crippen LogP contribution in [0.15, 0.2) is 42.5 Å². The lowest BCUT2D eigenvalue weighted by molar-refractivity contribution is 0.102. The summed E-state index contributed by atoms with van der Waals surface area (Å²) in [5, 5.41) is 8.50. The Kier molecular flexibility index (Phi) is 6.95. The minimum atomic E-state index is -0.294. The second-order valence-corrected chi connectivity index (χ2v) is 8.08. The van der Waals surface area contributed by atoms with Crippen LogP contribution in [0.2, 0.25) is 0 Å². The Morgan fingerprint density at radius 3 is 2.37 bits per heavy atom. The lowest BCUT2D eigenvalue weighted by Crippen LogP contribution is -2.44. The van der Waals surface area contributed by atoms with Crippen LogP contribution < -0.4 is 20.9 Å². The molecule has 1 heterocycles. The van der Waals surface area contributed by atoms with Gasteiger partial charge in [-0.1, -0.05) is 6.07 Å². The SMILES string of the molecule is Cc1cc(N2CCN(C)CC2)ccc1NC(=O)c1cccc(NC(=O)NC(C)C)c1. The molecule has 160 valence electrons. The smallest absolute Gasteiger partial charge is 0.319 e. The molecule has 1 fully saturated rings. The van der Waals surface area contributed by atoms with Gasteiger partial charge in [0.25, 0.3) is 5.91 Å². The van der Waals surface area contributed by atoms with Crippen LogP contribution in [-0.2, 0) is 0 Å². The largest absolute Gasteiger partial charge is 0.369 e. The fraction of sp³-hybridized carbons (Fsp3) is 0.391. The number of anilines is 3. The van der Waals surface area contributed by atoms with Crippen molar-refractivity contribution < 1.29 is 9.59 Å². The first-order chi connectivity index (χ1) is 14.3. The van der Waals surface area contributed by atoms with Crippen molar-refractivity contribution in [3.05, 3.63) is 53.6 Å². The van der Waals surface area contributed by atoms with E-state index < -0.39 is 0 Å². The second-order valence-electron chi connectivity index (χ2n) is 8.08. The van der Waals surface area contributed by atoms with Crippen molar-refractivity contribution in [2.45, 2.75) is 26.8 Å². The molecular weight excluding hydrogens is 378 g/mol. The Morgan fingerprint density at radius 1 is 0.967 bits per heavy atom. The van der Waals surface area contributed by atoms with E-state index in [1.807, 2.05) is 26.8 Å². The summed E-state index contributed by atoms with van der Waals surface area (Å²) in [4.78, 5) is 29.3. The van der Waals surface area contributed by atoms with E-state index in [2.05, 4.69) is 44.9 Å². The Bertz CT molecular complexity index is 904. The average Bonchev–Trinajstić information content (AvgIpc) is 2.69. The molecule has 3 rings (SSSR count). The zero-order chi connectivity index (χ0) is 21.7. The number of carbonyl (C=O) groups excluding carboxylic acids is 2. The fourth-order valence-electron chi connectivity index (χ4n) is 3.41. The van der Waals surface area contributed by atoms with E-state index in [4.69, 9.17) is 0 Å². The van der Waals surface area contributed by atoms with E-state index in [0.717, 1.165) is 37.4 Å². The maximum Gasteiger partial charge on any atom is 0.319 e. The predicted molar refractivity (Wildman–Crippen MR) is 123 cm³/mol. The predicted octanol–water partition coefficient (Wildman–Crippen LogP) is 3.53. The molecule has 7 nitrogen and oxygen atoms in total. The Morgan fingerprint density at radius 2 is 1.70 bits per heavy atom. The lowest BCUT2D eigenvalue weighted by atomic mass is 10.1. The summed E-state index contributed by atoms with van der Waals surface area (Å²) >= 11 is 0. The molecule has 0 saturated carbocycles. The summed E-state index contributed by atoms with van der Waals surface area (Å²) in [5.74, 6) is -0.210. The topological polar surface area (TPSA) is 76.7 Å². The van der Waals surface area contributed by atoms with Gasteiger partial charge in [0.2, 0.25) is 0 Å². The molecule has 0 aliphatic carbocycles. The van der Waals surface area contributed by atoms with Crippen LogP contribution in [-0.4, -0.2) is 56.1 Å². The number of aryl methyl sites for hydroxylation is 1. The van der Waals surface area contributed by atoms with Crippen molar-refractivity contribution in [2.75, 3.05) is 48.8 Å². The zero-order valence-corrected chi connectivity index (χ0v) is 18.2. The molecule has 3 amide bonds. The van der Waals surface area contributed by atoms with Gasteiger partial charge in [-0.15, -0.1) is 0 Å². The van der Waals surface area contributed by atoms with Gasteiger partial charge in [-0.3, -0.25) is 4.79 Å². The molecule has 0 unspecified atom stereocenters. The van der Waals surface area contributed by atoms with Crippen molar-refractivity contribution in [1.82, 2.24) is 10.2 Å². The van der Waals surface area contributed by atoms with Crippen molar-refractivity contribution in [2.24, 2.45) is 0 Å². The Balaban J connectivity index is 1.65. The summed E-state index contributed by atoms with van der Waals surface area (Å²) < 4.78 is 0. The first-order valence-electron chi connectivity index (χ1n) is 10.3. The van der Waals surface area contributed by atoms with Crippen molar-refractivity contribution >= 4 is 29.0 Å². The first kappa shape index (κ1) is 21.6. The number of hydrogen-bond acceptors (Lipinski definition) is 4. The number of urea groups is 1. The minimum absolute atomic E-state index is 0.0354. The maximum absolute atomic E-state index is 12.7. The van der Waals surface area contributed by atoms with Crippen molar-refractivity contribution in [3.63, 3.8) is 0 Å². The van der Waals surface area contributed by atoms with E-state index in [1.54, 1.807) is 24.3 Å². The average molecular weight is 410 g/mol. The van der Waals surface area contributed by atoms with Gasteiger partial charge < -0.3 is 25.8 Å². The zero-order valence-electron chi connectivity index (χ0n) is 18.2. The monoisotopic (exact) mass is 409 g/mol. The molecule has 2 aromatic rings. The molecule has 0 aromatic heterocycles. The van der Waals surface area contributed by atoms with Gasteiger partial charge in [0.15, 0.2) is 0 Å². The normalized spacial score (nSPS) is 14.5. The highest BCUT2D eigenvalue weighted by Crippen LogP contribution is 2.24. The molecule has 1 aliphatic rings. The number of nitrogens with one attached hydrogen (secondary N) is 3. The molecule has 30 heavy (non-hydrogen) atoms. The molecule has 0 atom stereocenters. The first-order valence-corrected chi connectivity index (χ1v) is 10.3. The molecule has 1 saturated heterocycles. The van der Waals surface area contributed by atoms with Crippen LogP contribution in [0.4, 0.5) is 21.9 Å². The molecular formula is C23H31N5O2. The highest BCUT2D eigenvalue weighted by Gasteiger charge is 2.16. The van der Waals surface area contributed by atoms with E-state index in [1.165, 1.54) is 5.69 Å².